The van der Waals surface area contributed by atoms with Gasteiger partial charge in [-0.05, 0) is 36.8 Å². The van der Waals surface area contributed by atoms with E-state index in [0.29, 0.717) is 0 Å². The molecule has 0 aliphatic heterocycles. The summed E-state index contributed by atoms with van der Waals surface area (Å²) in [6, 6.07) is 14.3. The van der Waals surface area contributed by atoms with Crippen molar-refractivity contribution in [3.63, 3.8) is 0 Å². The first-order chi connectivity index (χ1) is 10.3. The fourth-order valence-corrected chi connectivity index (χ4v) is 2.73. The molecule has 3 aromatic heterocycles. The Bertz CT molecular complexity index is 955. The van der Waals surface area contributed by atoms with Crippen molar-refractivity contribution in [3.05, 3.63) is 66.7 Å². The molecule has 0 radical (unpaired) electrons. The molecule has 0 N–H and O–H groups in total. The van der Waals surface area contributed by atoms with E-state index in [0.717, 1.165) is 38.6 Å². The highest BCUT2D eigenvalue weighted by Gasteiger charge is 2.10. The van der Waals surface area contributed by atoms with E-state index in [2.05, 4.69) is 27.1 Å². The summed E-state index contributed by atoms with van der Waals surface area (Å²) in [5, 5.41) is 2.18. The lowest BCUT2D eigenvalue weighted by Crippen LogP contribution is -1.91. The van der Waals surface area contributed by atoms with Gasteiger partial charge >= 0.3 is 0 Å². The Morgan fingerprint density at radius 3 is 2.76 bits per heavy atom. The number of para-hydroxylation sites is 1. The number of fused-ring (bicyclic) bond motifs is 2. The lowest BCUT2D eigenvalue weighted by atomic mass is 10.00. The van der Waals surface area contributed by atoms with Crippen LogP contribution < -0.4 is 0 Å². The van der Waals surface area contributed by atoms with Gasteiger partial charge in [0.1, 0.15) is 0 Å². The SMILES string of the molecule is Cc1cc(-c2cncc3cccnc23)c2ccccc2n1. The monoisotopic (exact) mass is 271 g/mol. The molecule has 3 heteroatoms. The molecule has 0 aliphatic rings. The summed E-state index contributed by atoms with van der Waals surface area (Å²) in [6.07, 6.45) is 5.56. The molecule has 3 nitrogen and oxygen atoms in total. The number of hydrogen-bond acceptors (Lipinski definition) is 3. The van der Waals surface area contributed by atoms with Crippen molar-refractivity contribution in [1.82, 2.24) is 15.0 Å². The fourth-order valence-electron chi connectivity index (χ4n) is 2.73. The van der Waals surface area contributed by atoms with E-state index in [1.165, 1.54) is 0 Å². The van der Waals surface area contributed by atoms with Crippen LogP contribution in [0.15, 0.2) is 61.1 Å². The van der Waals surface area contributed by atoms with Crippen LogP contribution in [0.1, 0.15) is 5.69 Å². The van der Waals surface area contributed by atoms with Crippen molar-refractivity contribution >= 4 is 21.8 Å². The molecule has 21 heavy (non-hydrogen) atoms. The Morgan fingerprint density at radius 2 is 1.81 bits per heavy atom. The van der Waals surface area contributed by atoms with E-state index in [1.807, 2.05) is 55.8 Å². The second kappa shape index (κ2) is 4.63. The molecule has 0 spiro atoms. The maximum Gasteiger partial charge on any atom is 0.0811 e. The maximum atomic E-state index is 4.60. The van der Waals surface area contributed by atoms with Crippen LogP contribution in [-0.2, 0) is 0 Å². The molecule has 0 saturated heterocycles. The van der Waals surface area contributed by atoms with Crippen LogP contribution in [0.5, 0.6) is 0 Å². The maximum absolute atomic E-state index is 4.60. The smallest absolute Gasteiger partial charge is 0.0811 e. The molecule has 0 saturated carbocycles. The Hall–Kier alpha value is -2.81. The third-order valence-corrected chi connectivity index (χ3v) is 3.65. The van der Waals surface area contributed by atoms with Crippen LogP contribution in [0, 0.1) is 6.92 Å². The molecular formula is C18H13N3. The van der Waals surface area contributed by atoms with E-state index in [1.54, 1.807) is 0 Å². The standard InChI is InChI=1S/C18H13N3/c1-12-9-15(14-6-2-3-7-17(14)21-12)16-11-19-10-13-5-4-8-20-18(13)16/h2-11H,1H3. The highest BCUT2D eigenvalue weighted by atomic mass is 14.7. The number of aromatic nitrogens is 3. The minimum absolute atomic E-state index is 0.975. The van der Waals surface area contributed by atoms with Crippen molar-refractivity contribution in [2.75, 3.05) is 0 Å². The summed E-state index contributed by atoms with van der Waals surface area (Å²) in [4.78, 5) is 13.5. The largest absolute Gasteiger partial charge is 0.263 e. The molecule has 0 atom stereocenters. The van der Waals surface area contributed by atoms with Gasteiger partial charge in [0.2, 0.25) is 0 Å². The summed E-state index contributed by atoms with van der Waals surface area (Å²) < 4.78 is 0. The molecule has 1 aromatic carbocycles. The van der Waals surface area contributed by atoms with Crippen LogP contribution in [-0.4, -0.2) is 15.0 Å². The quantitative estimate of drug-likeness (QED) is 0.522. The molecule has 0 fully saturated rings. The molecule has 4 rings (SSSR count). The molecule has 3 heterocycles. The van der Waals surface area contributed by atoms with Gasteiger partial charge in [-0.25, -0.2) is 0 Å². The second-order valence-corrected chi connectivity index (χ2v) is 5.09. The van der Waals surface area contributed by atoms with Gasteiger partial charge in [0.15, 0.2) is 0 Å². The Kier molecular flexibility index (Phi) is 2.64. The number of nitrogens with zero attached hydrogens (tertiary/aromatic N) is 3. The Balaban J connectivity index is 2.14. The minimum Gasteiger partial charge on any atom is -0.263 e. The van der Waals surface area contributed by atoms with Crippen LogP contribution in [0.25, 0.3) is 32.9 Å². The first-order valence-corrected chi connectivity index (χ1v) is 6.88. The Morgan fingerprint density at radius 1 is 0.905 bits per heavy atom. The number of hydrogen-bond donors (Lipinski definition) is 0. The first-order valence-electron chi connectivity index (χ1n) is 6.88. The molecule has 0 amide bonds. The summed E-state index contributed by atoms with van der Waals surface area (Å²) in [7, 11) is 0. The summed E-state index contributed by atoms with van der Waals surface area (Å²) in [6.45, 7) is 2.02. The van der Waals surface area contributed by atoms with Gasteiger partial charge < -0.3 is 0 Å². The molecular weight excluding hydrogens is 258 g/mol. The van der Waals surface area contributed by atoms with Crippen LogP contribution in [0.4, 0.5) is 0 Å². The van der Waals surface area contributed by atoms with Gasteiger partial charge in [-0.2, -0.15) is 0 Å². The van der Waals surface area contributed by atoms with Crippen molar-refractivity contribution in [2.24, 2.45) is 0 Å². The third kappa shape index (κ3) is 1.94. The third-order valence-electron chi connectivity index (χ3n) is 3.65. The summed E-state index contributed by atoms with van der Waals surface area (Å²) in [5.41, 5.74) is 5.16. The van der Waals surface area contributed by atoms with Gasteiger partial charge in [-0.3, -0.25) is 15.0 Å². The minimum atomic E-state index is 0.975. The molecule has 100 valence electrons. The zero-order valence-electron chi connectivity index (χ0n) is 11.6. The molecule has 0 unspecified atom stereocenters. The van der Waals surface area contributed by atoms with E-state index in [4.69, 9.17) is 0 Å². The van der Waals surface area contributed by atoms with Crippen molar-refractivity contribution in [2.45, 2.75) is 6.92 Å². The predicted molar refractivity (Wildman–Crippen MR) is 85.0 cm³/mol. The number of rotatable bonds is 1. The van der Waals surface area contributed by atoms with Crippen LogP contribution in [0.3, 0.4) is 0 Å². The fraction of sp³-hybridized carbons (Fsp3) is 0.0556. The zero-order valence-corrected chi connectivity index (χ0v) is 11.6. The molecule has 4 aromatic rings. The average Bonchev–Trinajstić information content (AvgIpc) is 2.53. The van der Waals surface area contributed by atoms with Crippen molar-refractivity contribution < 1.29 is 0 Å². The number of pyridine rings is 3. The van der Waals surface area contributed by atoms with Crippen LogP contribution >= 0.6 is 0 Å². The van der Waals surface area contributed by atoms with E-state index in [-0.39, 0.29) is 0 Å². The lowest BCUT2D eigenvalue weighted by Gasteiger charge is -2.09. The number of aryl methyl sites for hydroxylation is 1. The highest BCUT2D eigenvalue weighted by Crippen LogP contribution is 2.31. The first kappa shape index (κ1) is 12.0. The van der Waals surface area contributed by atoms with Crippen molar-refractivity contribution in [1.29, 1.82) is 0 Å². The van der Waals surface area contributed by atoms with Gasteiger partial charge in [0.05, 0.1) is 11.0 Å². The van der Waals surface area contributed by atoms with Gasteiger partial charge in [0, 0.05) is 40.6 Å². The average molecular weight is 271 g/mol. The van der Waals surface area contributed by atoms with Crippen molar-refractivity contribution in [3.8, 4) is 11.1 Å². The molecule has 0 bridgehead atoms. The topological polar surface area (TPSA) is 38.7 Å². The lowest BCUT2D eigenvalue weighted by molar-refractivity contribution is 1.25. The predicted octanol–water partition coefficient (Wildman–Crippen LogP) is 4.15. The second-order valence-electron chi connectivity index (χ2n) is 5.09. The van der Waals surface area contributed by atoms with E-state index >= 15 is 0 Å². The van der Waals surface area contributed by atoms with Gasteiger partial charge in [-0.1, -0.05) is 18.2 Å². The van der Waals surface area contributed by atoms with E-state index in [9.17, 15) is 0 Å². The normalized spacial score (nSPS) is 11.1. The summed E-state index contributed by atoms with van der Waals surface area (Å²) >= 11 is 0. The molecule has 0 aliphatic carbocycles. The number of benzene rings is 1. The summed E-state index contributed by atoms with van der Waals surface area (Å²) in [5.74, 6) is 0. The van der Waals surface area contributed by atoms with Gasteiger partial charge in [0.25, 0.3) is 0 Å². The van der Waals surface area contributed by atoms with Gasteiger partial charge in [-0.15, -0.1) is 0 Å². The Labute approximate surface area is 122 Å². The van der Waals surface area contributed by atoms with Crippen LogP contribution in [0.2, 0.25) is 0 Å². The van der Waals surface area contributed by atoms with E-state index < -0.39 is 0 Å². The highest BCUT2D eigenvalue weighted by molar-refractivity contribution is 6.02. The zero-order chi connectivity index (χ0) is 14.2.